The van der Waals surface area contributed by atoms with E-state index in [1.54, 1.807) is 18.2 Å². The van der Waals surface area contributed by atoms with Crippen LogP contribution in [0, 0.1) is 0 Å². The largest absolute Gasteiger partial charge is 0.494 e. The lowest BCUT2D eigenvalue weighted by Gasteiger charge is -2.13. The fourth-order valence-corrected chi connectivity index (χ4v) is 2.06. The minimum atomic E-state index is -0.498. The standard InChI is InChI=1S/C14H10Cl2N2O4/c15-9-2-1-8(5-10(9)16)11-6-22-14(17-11)18-13(19)12-7-20-3-4-21-12/h1-2,5-7H,3-4H2,(H,17,18,19). The minimum Gasteiger partial charge on any atom is -0.494 e. The van der Waals surface area contributed by atoms with Gasteiger partial charge in [0.2, 0.25) is 5.76 Å². The Kier molecular flexibility index (Phi) is 4.22. The summed E-state index contributed by atoms with van der Waals surface area (Å²) in [6, 6.07) is 5.11. The van der Waals surface area contributed by atoms with Gasteiger partial charge in [0.15, 0.2) is 0 Å². The zero-order chi connectivity index (χ0) is 15.5. The highest BCUT2D eigenvalue weighted by molar-refractivity contribution is 6.42. The third kappa shape index (κ3) is 3.18. The van der Waals surface area contributed by atoms with Crippen LogP contribution in [0.4, 0.5) is 6.01 Å². The maximum Gasteiger partial charge on any atom is 0.302 e. The predicted molar refractivity (Wildman–Crippen MR) is 80.6 cm³/mol. The van der Waals surface area contributed by atoms with Gasteiger partial charge in [0.1, 0.15) is 31.4 Å². The summed E-state index contributed by atoms with van der Waals surface area (Å²) in [4.78, 5) is 16.1. The Morgan fingerprint density at radius 2 is 2.09 bits per heavy atom. The number of nitrogens with zero attached hydrogens (tertiary/aromatic N) is 1. The first-order valence-corrected chi connectivity index (χ1v) is 7.06. The summed E-state index contributed by atoms with van der Waals surface area (Å²) in [5, 5.41) is 3.33. The van der Waals surface area contributed by atoms with Gasteiger partial charge in [-0.2, -0.15) is 4.98 Å². The first kappa shape index (κ1) is 14.7. The number of nitrogens with one attached hydrogen (secondary N) is 1. The maximum atomic E-state index is 11.9. The van der Waals surface area contributed by atoms with Crippen molar-refractivity contribution >= 4 is 35.1 Å². The van der Waals surface area contributed by atoms with Crippen molar-refractivity contribution < 1.29 is 18.7 Å². The van der Waals surface area contributed by atoms with Crippen molar-refractivity contribution in [3.8, 4) is 11.3 Å². The van der Waals surface area contributed by atoms with Gasteiger partial charge in [0.25, 0.3) is 5.91 Å². The van der Waals surface area contributed by atoms with Crippen LogP contribution >= 0.6 is 23.2 Å². The van der Waals surface area contributed by atoms with E-state index in [9.17, 15) is 4.79 Å². The van der Waals surface area contributed by atoms with Crippen LogP contribution in [0.15, 0.2) is 40.9 Å². The van der Waals surface area contributed by atoms with Gasteiger partial charge in [-0.15, -0.1) is 0 Å². The highest BCUT2D eigenvalue weighted by atomic mass is 35.5. The second-order valence-electron chi connectivity index (χ2n) is 4.32. The molecule has 0 bridgehead atoms. The Labute approximate surface area is 135 Å². The molecule has 0 saturated carbocycles. The molecule has 0 radical (unpaired) electrons. The molecule has 0 fully saturated rings. The van der Waals surface area contributed by atoms with Crippen LogP contribution in [-0.2, 0) is 14.3 Å². The first-order valence-electron chi connectivity index (χ1n) is 6.30. The van der Waals surface area contributed by atoms with Crippen LogP contribution in [0.25, 0.3) is 11.3 Å². The number of hydrogen-bond acceptors (Lipinski definition) is 5. The normalized spacial score (nSPS) is 13.8. The van der Waals surface area contributed by atoms with Crippen molar-refractivity contribution in [2.45, 2.75) is 0 Å². The van der Waals surface area contributed by atoms with Crippen LogP contribution in [0.2, 0.25) is 10.0 Å². The van der Waals surface area contributed by atoms with Crippen LogP contribution in [-0.4, -0.2) is 24.1 Å². The van der Waals surface area contributed by atoms with Crippen molar-refractivity contribution in [2.75, 3.05) is 18.5 Å². The third-order valence-electron chi connectivity index (χ3n) is 2.81. The summed E-state index contributed by atoms with van der Waals surface area (Å²) >= 11 is 11.8. The quantitative estimate of drug-likeness (QED) is 0.925. The van der Waals surface area contributed by atoms with Crippen LogP contribution in [0.1, 0.15) is 0 Å². The van der Waals surface area contributed by atoms with Crippen molar-refractivity contribution in [3.63, 3.8) is 0 Å². The molecule has 22 heavy (non-hydrogen) atoms. The number of amides is 1. The number of anilines is 1. The number of aromatic nitrogens is 1. The van der Waals surface area contributed by atoms with Gasteiger partial charge in [-0.1, -0.05) is 29.3 Å². The molecule has 1 amide bonds. The summed E-state index contributed by atoms with van der Waals surface area (Å²) in [6.07, 6.45) is 2.66. The molecule has 2 aromatic rings. The number of hydrogen-bond donors (Lipinski definition) is 1. The molecule has 8 heteroatoms. The number of rotatable bonds is 3. The molecule has 1 aliphatic heterocycles. The van der Waals surface area contributed by atoms with Gasteiger partial charge in [0.05, 0.1) is 10.0 Å². The van der Waals surface area contributed by atoms with Gasteiger partial charge in [-0.3, -0.25) is 10.1 Å². The smallest absolute Gasteiger partial charge is 0.302 e. The summed E-state index contributed by atoms with van der Waals surface area (Å²) < 4.78 is 15.4. The Balaban J connectivity index is 1.74. The van der Waals surface area contributed by atoms with Gasteiger partial charge in [-0.05, 0) is 12.1 Å². The molecule has 0 saturated heterocycles. The van der Waals surface area contributed by atoms with Crippen molar-refractivity contribution in [3.05, 3.63) is 46.5 Å². The van der Waals surface area contributed by atoms with E-state index in [2.05, 4.69) is 10.3 Å². The van der Waals surface area contributed by atoms with E-state index in [1.807, 2.05) is 0 Å². The van der Waals surface area contributed by atoms with E-state index in [0.29, 0.717) is 29.0 Å². The Morgan fingerprint density at radius 1 is 1.23 bits per heavy atom. The van der Waals surface area contributed by atoms with Gasteiger partial charge in [0, 0.05) is 5.56 Å². The Hall–Kier alpha value is -2.18. The van der Waals surface area contributed by atoms with Crippen LogP contribution in [0.3, 0.4) is 0 Å². The van der Waals surface area contributed by atoms with E-state index < -0.39 is 5.91 Å². The summed E-state index contributed by atoms with van der Waals surface area (Å²) in [5.41, 5.74) is 1.23. The fraction of sp³-hybridized carbons (Fsp3) is 0.143. The molecule has 0 atom stereocenters. The zero-order valence-electron chi connectivity index (χ0n) is 11.1. The van der Waals surface area contributed by atoms with E-state index >= 15 is 0 Å². The summed E-state index contributed by atoms with van der Waals surface area (Å²) in [5.74, 6) is -0.428. The molecule has 0 aliphatic carbocycles. The number of carbonyl (C=O) groups excluding carboxylic acids is 1. The molecule has 1 aromatic heterocycles. The molecule has 6 nitrogen and oxygen atoms in total. The second-order valence-corrected chi connectivity index (χ2v) is 5.14. The van der Waals surface area contributed by atoms with Gasteiger partial charge >= 0.3 is 6.01 Å². The lowest BCUT2D eigenvalue weighted by Crippen LogP contribution is -2.21. The van der Waals surface area contributed by atoms with E-state index in [-0.39, 0.29) is 11.8 Å². The molecule has 0 unspecified atom stereocenters. The Morgan fingerprint density at radius 3 is 2.82 bits per heavy atom. The molecular weight excluding hydrogens is 331 g/mol. The van der Waals surface area contributed by atoms with Gasteiger partial charge < -0.3 is 13.9 Å². The number of benzene rings is 1. The predicted octanol–water partition coefficient (Wildman–Crippen LogP) is 3.48. The van der Waals surface area contributed by atoms with E-state index in [4.69, 9.17) is 37.1 Å². The lowest BCUT2D eigenvalue weighted by molar-refractivity contribution is -0.117. The lowest BCUT2D eigenvalue weighted by atomic mass is 10.2. The number of ether oxygens (including phenoxy) is 2. The van der Waals surface area contributed by atoms with Crippen molar-refractivity contribution in [2.24, 2.45) is 0 Å². The average Bonchev–Trinajstić information content (AvgIpc) is 2.99. The molecule has 0 spiro atoms. The van der Waals surface area contributed by atoms with Crippen molar-refractivity contribution in [1.29, 1.82) is 0 Å². The second kappa shape index (κ2) is 6.29. The molecule has 1 N–H and O–H groups in total. The molecule has 1 aromatic carbocycles. The maximum absolute atomic E-state index is 11.9. The highest BCUT2D eigenvalue weighted by Crippen LogP contribution is 2.28. The third-order valence-corrected chi connectivity index (χ3v) is 3.55. The molecule has 3 rings (SSSR count). The first-order chi connectivity index (χ1) is 10.6. The molecular formula is C14H10Cl2N2O4. The van der Waals surface area contributed by atoms with Crippen LogP contribution < -0.4 is 5.32 Å². The minimum absolute atomic E-state index is 0.0427. The number of carbonyl (C=O) groups is 1. The highest BCUT2D eigenvalue weighted by Gasteiger charge is 2.17. The Bertz CT molecular complexity index is 742. The molecule has 114 valence electrons. The number of oxazole rings is 1. The molecule has 2 heterocycles. The number of halogens is 2. The fourth-order valence-electron chi connectivity index (χ4n) is 1.77. The molecule has 1 aliphatic rings. The van der Waals surface area contributed by atoms with E-state index in [1.165, 1.54) is 12.5 Å². The van der Waals surface area contributed by atoms with Gasteiger partial charge in [-0.25, -0.2) is 0 Å². The SMILES string of the molecule is O=C(Nc1nc(-c2ccc(Cl)c(Cl)c2)co1)C1=COCCO1. The summed E-state index contributed by atoms with van der Waals surface area (Å²) in [7, 11) is 0. The van der Waals surface area contributed by atoms with Crippen molar-refractivity contribution in [1.82, 2.24) is 4.98 Å². The monoisotopic (exact) mass is 340 g/mol. The topological polar surface area (TPSA) is 73.6 Å². The van der Waals surface area contributed by atoms with E-state index in [0.717, 1.165) is 5.56 Å². The zero-order valence-corrected chi connectivity index (χ0v) is 12.6. The average molecular weight is 341 g/mol. The summed E-state index contributed by atoms with van der Waals surface area (Å²) in [6.45, 7) is 0.733. The van der Waals surface area contributed by atoms with Crippen LogP contribution in [0.5, 0.6) is 0 Å².